The second-order valence-electron chi connectivity index (χ2n) is 6.70. The first kappa shape index (κ1) is 22.6. The molecule has 0 spiro atoms. The number of pyridine rings is 1. The van der Waals surface area contributed by atoms with Crippen LogP contribution in [0.5, 0.6) is 17.2 Å². The number of hydrazine groups is 1. The minimum atomic E-state index is 0.555. The highest BCUT2D eigenvalue weighted by molar-refractivity contribution is 5.53. The maximum absolute atomic E-state index is 6.07. The van der Waals surface area contributed by atoms with E-state index in [1.807, 2.05) is 37.4 Å². The summed E-state index contributed by atoms with van der Waals surface area (Å²) in [6.45, 7) is 6.85. The van der Waals surface area contributed by atoms with Crippen LogP contribution in [0.15, 0.2) is 30.3 Å². The molecule has 0 saturated carbocycles. The van der Waals surface area contributed by atoms with Crippen LogP contribution in [0.4, 0.5) is 11.6 Å². The zero-order valence-corrected chi connectivity index (χ0v) is 18.2. The first-order chi connectivity index (χ1) is 14.1. The van der Waals surface area contributed by atoms with Gasteiger partial charge in [0.15, 0.2) is 11.5 Å². The van der Waals surface area contributed by atoms with Crippen LogP contribution in [0, 0.1) is 0 Å². The maximum Gasteiger partial charge on any atom is 0.160 e. The molecule has 160 valence electrons. The van der Waals surface area contributed by atoms with Crippen molar-refractivity contribution in [3.8, 4) is 17.2 Å². The van der Waals surface area contributed by atoms with E-state index in [2.05, 4.69) is 29.6 Å². The second-order valence-corrected chi connectivity index (χ2v) is 6.70. The molecular weight excluding hydrogens is 368 g/mol. The maximum atomic E-state index is 6.07. The highest BCUT2D eigenvalue weighted by Crippen LogP contribution is 2.28. The van der Waals surface area contributed by atoms with Gasteiger partial charge in [-0.1, -0.05) is 19.9 Å². The van der Waals surface area contributed by atoms with Crippen molar-refractivity contribution in [2.45, 2.75) is 33.1 Å². The van der Waals surface area contributed by atoms with Crippen molar-refractivity contribution in [1.82, 2.24) is 10.4 Å². The van der Waals surface area contributed by atoms with Crippen LogP contribution in [0.2, 0.25) is 0 Å². The number of nitrogens with one attached hydrogen (secondary N) is 2. The molecule has 0 radical (unpaired) electrons. The molecule has 0 unspecified atom stereocenters. The topological polar surface area (TPSA) is 67.9 Å². The molecule has 7 heteroatoms. The molecule has 2 N–H and O–H groups in total. The number of nitrogens with zero attached hydrogens (tertiary/aromatic N) is 2. The molecule has 0 aliphatic rings. The highest BCUT2D eigenvalue weighted by Gasteiger charge is 2.11. The molecule has 2 rings (SSSR count). The number of hydrogen-bond acceptors (Lipinski definition) is 7. The summed E-state index contributed by atoms with van der Waals surface area (Å²) in [5.74, 6) is 3.92. The molecule has 0 aliphatic heterocycles. The fourth-order valence-electron chi connectivity index (χ4n) is 3.13. The van der Waals surface area contributed by atoms with Gasteiger partial charge in [0.25, 0.3) is 0 Å². The molecule has 1 heterocycles. The Hall–Kier alpha value is -2.67. The first-order valence-electron chi connectivity index (χ1n) is 10.2. The standard InChI is InChI=1S/C22H34N4O3/c1-6-11-26(12-7-2)22-16-18(15-21(24-22)25-23-3)29-13-10-17-8-9-19(27-4)20(14-17)28-5/h8-9,14-16,23H,6-7,10-13H2,1-5H3,(H,24,25). The molecule has 0 bridgehead atoms. The largest absolute Gasteiger partial charge is 0.493 e. The van der Waals surface area contributed by atoms with Crippen molar-refractivity contribution in [3.05, 3.63) is 35.9 Å². The quantitative estimate of drug-likeness (QED) is 0.493. The average Bonchev–Trinajstić information content (AvgIpc) is 2.73. The Morgan fingerprint density at radius 1 is 0.966 bits per heavy atom. The third-order valence-electron chi connectivity index (χ3n) is 4.46. The van der Waals surface area contributed by atoms with E-state index in [9.17, 15) is 0 Å². The van der Waals surface area contributed by atoms with Crippen molar-refractivity contribution < 1.29 is 14.2 Å². The molecular formula is C22H34N4O3. The minimum Gasteiger partial charge on any atom is -0.493 e. The van der Waals surface area contributed by atoms with Gasteiger partial charge in [-0.3, -0.25) is 0 Å². The van der Waals surface area contributed by atoms with Crippen molar-refractivity contribution in [1.29, 1.82) is 0 Å². The van der Waals surface area contributed by atoms with E-state index >= 15 is 0 Å². The van der Waals surface area contributed by atoms with E-state index in [1.165, 1.54) is 0 Å². The van der Waals surface area contributed by atoms with Crippen molar-refractivity contribution >= 4 is 11.6 Å². The summed E-state index contributed by atoms with van der Waals surface area (Å²) in [5, 5.41) is 0. The lowest BCUT2D eigenvalue weighted by molar-refractivity contribution is 0.320. The van der Waals surface area contributed by atoms with E-state index in [4.69, 9.17) is 19.2 Å². The lowest BCUT2D eigenvalue weighted by Crippen LogP contribution is -2.26. The van der Waals surface area contributed by atoms with Gasteiger partial charge >= 0.3 is 0 Å². The van der Waals surface area contributed by atoms with Crippen LogP contribution in [0.1, 0.15) is 32.3 Å². The van der Waals surface area contributed by atoms with E-state index in [0.29, 0.717) is 6.61 Å². The Morgan fingerprint density at radius 2 is 1.69 bits per heavy atom. The molecule has 0 fully saturated rings. The number of ether oxygens (including phenoxy) is 3. The Balaban J connectivity index is 2.10. The van der Waals surface area contributed by atoms with Gasteiger partial charge in [0.1, 0.15) is 17.4 Å². The summed E-state index contributed by atoms with van der Waals surface area (Å²) >= 11 is 0. The molecule has 0 atom stereocenters. The summed E-state index contributed by atoms with van der Waals surface area (Å²) in [7, 11) is 5.10. The lowest BCUT2D eigenvalue weighted by atomic mass is 10.1. The molecule has 7 nitrogen and oxygen atoms in total. The van der Waals surface area contributed by atoms with Gasteiger partial charge in [-0.05, 0) is 30.5 Å². The van der Waals surface area contributed by atoms with Crippen molar-refractivity contribution in [2.75, 3.05) is 51.3 Å². The Labute approximate surface area is 174 Å². The molecule has 0 saturated heterocycles. The second kappa shape index (κ2) is 12.0. The van der Waals surface area contributed by atoms with Crippen LogP contribution in [0.25, 0.3) is 0 Å². The van der Waals surface area contributed by atoms with Gasteiger partial charge < -0.3 is 24.5 Å². The van der Waals surface area contributed by atoms with Gasteiger partial charge in [-0.2, -0.15) is 0 Å². The number of anilines is 2. The number of benzene rings is 1. The van der Waals surface area contributed by atoms with E-state index in [-0.39, 0.29) is 0 Å². The van der Waals surface area contributed by atoms with Crippen molar-refractivity contribution in [2.24, 2.45) is 0 Å². The predicted molar refractivity (Wildman–Crippen MR) is 118 cm³/mol. The van der Waals surface area contributed by atoms with Crippen LogP contribution >= 0.6 is 0 Å². The number of methoxy groups -OCH3 is 2. The van der Waals surface area contributed by atoms with E-state index in [0.717, 1.165) is 66.8 Å². The van der Waals surface area contributed by atoms with Gasteiger partial charge in [0.05, 0.1) is 20.8 Å². The SMILES string of the molecule is CCCN(CCC)c1cc(OCCc2ccc(OC)c(OC)c2)cc(NNC)n1. The molecule has 29 heavy (non-hydrogen) atoms. The van der Waals surface area contributed by atoms with E-state index in [1.54, 1.807) is 14.2 Å². The summed E-state index contributed by atoms with van der Waals surface area (Å²) in [6.07, 6.45) is 2.90. The first-order valence-corrected chi connectivity index (χ1v) is 10.2. The lowest BCUT2D eigenvalue weighted by Gasteiger charge is -2.24. The molecule has 2 aromatic rings. The monoisotopic (exact) mass is 402 g/mol. The summed E-state index contributed by atoms with van der Waals surface area (Å²) in [6, 6.07) is 9.85. The molecule has 1 aromatic heterocycles. The fraction of sp³-hybridized carbons (Fsp3) is 0.500. The molecule has 0 amide bonds. The van der Waals surface area contributed by atoms with Gasteiger partial charge in [-0.15, -0.1) is 0 Å². The van der Waals surface area contributed by atoms with Crippen LogP contribution in [0.3, 0.4) is 0 Å². The minimum absolute atomic E-state index is 0.555. The zero-order chi connectivity index (χ0) is 21.1. The van der Waals surface area contributed by atoms with Crippen molar-refractivity contribution in [3.63, 3.8) is 0 Å². The number of aromatic nitrogens is 1. The summed E-state index contributed by atoms with van der Waals surface area (Å²) in [5.41, 5.74) is 7.13. The summed E-state index contributed by atoms with van der Waals surface area (Å²) in [4.78, 5) is 7.00. The third-order valence-corrected chi connectivity index (χ3v) is 4.46. The fourth-order valence-corrected chi connectivity index (χ4v) is 3.13. The van der Waals surface area contributed by atoms with E-state index < -0.39 is 0 Å². The van der Waals surface area contributed by atoms with Gasteiger partial charge in [0.2, 0.25) is 0 Å². The summed E-state index contributed by atoms with van der Waals surface area (Å²) < 4.78 is 16.7. The molecule has 1 aromatic carbocycles. The van der Waals surface area contributed by atoms with Crippen LogP contribution in [-0.2, 0) is 6.42 Å². The zero-order valence-electron chi connectivity index (χ0n) is 18.2. The Kier molecular flexibility index (Phi) is 9.37. The normalized spacial score (nSPS) is 10.5. The smallest absolute Gasteiger partial charge is 0.160 e. The number of hydrogen-bond donors (Lipinski definition) is 2. The van der Waals surface area contributed by atoms with Crippen LogP contribution < -0.4 is 30.0 Å². The Bertz CT molecular complexity index is 749. The Morgan fingerprint density at radius 3 is 2.31 bits per heavy atom. The average molecular weight is 403 g/mol. The number of rotatable bonds is 13. The van der Waals surface area contributed by atoms with Crippen LogP contribution in [-0.4, -0.2) is 45.9 Å². The van der Waals surface area contributed by atoms with Gasteiger partial charge in [0, 0.05) is 38.7 Å². The molecule has 0 aliphatic carbocycles. The third kappa shape index (κ3) is 6.71. The predicted octanol–water partition coefficient (Wildman–Crippen LogP) is 3.89. The highest BCUT2D eigenvalue weighted by atomic mass is 16.5. The van der Waals surface area contributed by atoms with Gasteiger partial charge in [-0.25, -0.2) is 10.4 Å².